The quantitative estimate of drug-likeness (QED) is 0.455. The molecule has 1 unspecified atom stereocenters. The molecule has 2 amide bonds. The zero-order chi connectivity index (χ0) is 24.3. The number of fused-ring (bicyclic) bond motifs is 3. The summed E-state index contributed by atoms with van der Waals surface area (Å²) in [5.74, 6) is -1.90. The number of alkyl carbamates (subject to hydrolysis) is 1. The average Bonchev–Trinajstić information content (AvgIpc) is 3.43. The van der Waals surface area contributed by atoms with E-state index >= 15 is 0 Å². The highest BCUT2D eigenvalue weighted by Crippen LogP contribution is 2.44. The number of carbonyl (C=O) groups is 3. The Morgan fingerprint density at radius 3 is 2.26 bits per heavy atom. The van der Waals surface area contributed by atoms with Crippen molar-refractivity contribution < 1.29 is 24.2 Å². The number of hydrogen-bond donors (Lipinski definition) is 3. The van der Waals surface area contributed by atoms with Crippen molar-refractivity contribution in [3.05, 3.63) is 76.2 Å². The Kier molecular flexibility index (Phi) is 6.65. The van der Waals surface area contributed by atoms with Crippen molar-refractivity contribution in [2.75, 3.05) is 6.61 Å². The molecule has 1 aliphatic rings. The number of aliphatic carboxylic acids is 1. The topological polar surface area (TPSA) is 118 Å². The Labute approximate surface area is 201 Å². The summed E-state index contributed by atoms with van der Waals surface area (Å²) in [5, 5.41) is 14.5. The van der Waals surface area contributed by atoms with E-state index in [9.17, 15) is 19.5 Å². The van der Waals surface area contributed by atoms with Gasteiger partial charge in [0.25, 0.3) is 0 Å². The van der Waals surface area contributed by atoms with Gasteiger partial charge in [-0.3, -0.25) is 9.78 Å². The van der Waals surface area contributed by atoms with E-state index in [1.54, 1.807) is 11.7 Å². The Bertz CT molecular complexity index is 1160. The van der Waals surface area contributed by atoms with Crippen LogP contribution in [-0.2, 0) is 20.7 Å². The molecule has 1 aliphatic carbocycles. The van der Waals surface area contributed by atoms with Gasteiger partial charge in [0.15, 0.2) is 0 Å². The average molecular weight is 480 g/mol. The standard InChI is InChI=1S/C25H25N3O5S/c1-25(2,23(31)27-21(22(29)30)11-15-12-26-14-34-15)28-24(32)33-13-20-18-9-5-3-7-16(18)17-8-4-6-10-19(17)20/h3-10,12,14,20-21H,11,13H2,1-2H3,(H,27,31)(H,28,32)(H,29,30). The van der Waals surface area contributed by atoms with Gasteiger partial charge in [-0.25, -0.2) is 9.59 Å². The third kappa shape index (κ3) is 4.94. The molecule has 1 heterocycles. The molecule has 34 heavy (non-hydrogen) atoms. The van der Waals surface area contributed by atoms with Crippen molar-refractivity contribution in [2.45, 2.75) is 37.8 Å². The van der Waals surface area contributed by atoms with Crippen molar-refractivity contribution in [3.8, 4) is 11.1 Å². The Hall–Kier alpha value is -3.72. The van der Waals surface area contributed by atoms with Crippen LogP contribution in [-0.4, -0.2) is 46.2 Å². The number of carboxylic acids is 1. The number of thiazole rings is 1. The summed E-state index contributed by atoms with van der Waals surface area (Å²) < 4.78 is 5.51. The summed E-state index contributed by atoms with van der Waals surface area (Å²) >= 11 is 1.31. The third-order valence-corrected chi connectivity index (χ3v) is 6.62. The second-order valence-electron chi connectivity index (χ2n) is 8.61. The second kappa shape index (κ2) is 9.64. The highest BCUT2D eigenvalue weighted by atomic mass is 32.1. The molecule has 0 fully saturated rings. The monoisotopic (exact) mass is 479 g/mol. The number of rotatable bonds is 8. The smallest absolute Gasteiger partial charge is 0.408 e. The molecule has 176 valence electrons. The number of amides is 2. The van der Waals surface area contributed by atoms with Crippen LogP contribution in [0.3, 0.4) is 0 Å². The Balaban J connectivity index is 1.37. The van der Waals surface area contributed by atoms with Gasteiger partial charge in [-0.2, -0.15) is 0 Å². The Morgan fingerprint density at radius 1 is 1.09 bits per heavy atom. The van der Waals surface area contributed by atoms with Crippen LogP contribution in [0.5, 0.6) is 0 Å². The molecule has 1 atom stereocenters. The normalized spacial score (nSPS) is 13.5. The number of aromatic nitrogens is 1. The van der Waals surface area contributed by atoms with Gasteiger partial charge >= 0.3 is 12.1 Å². The number of hydrogen-bond acceptors (Lipinski definition) is 6. The molecular formula is C25H25N3O5S. The maximum Gasteiger partial charge on any atom is 0.408 e. The van der Waals surface area contributed by atoms with Gasteiger partial charge in [0, 0.05) is 23.4 Å². The van der Waals surface area contributed by atoms with E-state index in [0.717, 1.165) is 27.1 Å². The highest BCUT2D eigenvalue weighted by Gasteiger charge is 2.34. The van der Waals surface area contributed by atoms with Crippen LogP contribution in [0.25, 0.3) is 11.1 Å². The predicted octanol–water partition coefficient (Wildman–Crippen LogP) is 3.57. The minimum absolute atomic E-state index is 0.104. The van der Waals surface area contributed by atoms with Crippen molar-refractivity contribution in [3.63, 3.8) is 0 Å². The van der Waals surface area contributed by atoms with Crippen LogP contribution in [0.15, 0.2) is 60.2 Å². The van der Waals surface area contributed by atoms with Gasteiger partial charge in [-0.1, -0.05) is 48.5 Å². The van der Waals surface area contributed by atoms with Gasteiger partial charge in [0.2, 0.25) is 5.91 Å². The van der Waals surface area contributed by atoms with E-state index in [2.05, 4.69) is 15.6 Å². The molecule has 0 bridgehead atoms. The summed E-state index contributed by atoms with van der Waals surface area (Å²) in [6.45, 7) is 3.10. The second-order valence-corrected chi connectivity index (χ2v) is 9.58. The van der Waals surface area contributed by atoms with E-state index in [-0.39, 0.29) is 18.9 Å². The minimum atomic E-state index is -1.38. The zero-order valence-electron chi connectivity index (χ0n) is 18.8. The van der Waals surface area contributed by atoms with Gasteiger partial charge in [0.05, 0.1) is 5.51 Å². The van der Waals surface area contributed by atoms with Crippen molar-refractivity contribution in [1.82, 2.24) is 15.6 Å². The summed E-state index contributed by atoms with van der Waals surface area (Å²) in [5.41, 5.74) is 4.62. The molecule has 0 spiro atoms. The lowest BCUT2D eigenvalue weighted by molar-refractivity contribution is -0.142. The number of nitrogens with one attached hydrogen (secondary N) is 2. The summed E-state index contributed by atoms with van der Waals surface area (Å²) in [4.78, 5) is 41.6. The number of benzene rings is 2. The molecule has 0 saturated carbocycles. The van der Waals surface area contributed by atoms with E-state index in [0.29, 0.717) is 0 Å². The fourth-order valence-electron chi connectivity index (χ4n) is 4.03. The Morgan fingerprint density at radius 2 is 1.71 bits per heavy atom. The lowest BCUT2D eigenvalue weighted by Crippen LogP contribution is -2.58. The van der Waals surface area contributed by atoms with Crippen LogP contribution < -0.4 is 10.6 Å². The van der Waals surface area contributed by atoms with Gasteiger partial charge in [-0.15, -0.1) is 11.3 Å². The predicted molar refractivity (Wildman–Crippen MR) is 128 cm³/mol. The molecule has 3 N–H and O–H groups in total. The van der Waals surface area contributed by atoms with Crippen molar-refractivity contribution in [1.29, 1.82) is 0 Å². The first-order valence-corrected chi connectivity index (χ1v) is 11.7. The highest BCUT2D eigenvalue weighted by molar-refractivity contribution is 7.09. The van der Waals surface area contributed by atoms with Crippen LogP contribution in [0.4, 0.5) is 4.79 Å². The third-order valence-electron chi connectivity index (χ3n) is 5.82. The number of nitrogens with zero attached hydrogens (tertiary/aromatic N) is 1. The molecule has 3 aromatic rings. The molecule has 0 radical (unpaired) electrons. The molecule has 8 nitrogen and oxygen atoms in total. The van der Waals surface area contributed by atoms with Crippen molar-refractivity contribution in [2.24, 2.45) is 0 Å². The van der Waals surface area contributed by atoms with Gasteiger partial charge in [-0.05, 0) is 36.1 Å². The largest absolute Gasteiger partial charge is 0.480 e. The zero-order valence-corrected chi connectivity index (χ0v) is 19.6. The number of carbonyl (C=O) groups excluding carboxylic acids is 2. The SMILES string of the molecule is CC(C)(NC(=O)OCC1c2ccccc2-c2ccccc21)C(=O)NC(Cc1cncs1)C(=O)O. The summed E-state index contributed by atoms with van der Waals surface area (Å²) in [7, 11) is 0. The van der Waals surface area contributed by atoms with Crippen LogP contribution in [0.1, 0.15) is 35.8 Å². The van der Waals surface area contributed by atoms with Crippen LogP contribution >= 0.6 is 11.3 Å². The van der Waals surface area contributed by atoms with E-state index < -0.39 is 29.6 Å². The molecule has 4 rings (SSSR count). The maximum absolute atomic E-state index is 12.8. The molecule has 9 heteroatoms. The summed E-state index contributed by atoms with van der Waals surface area (Å²) in [6, 6.07) is 14.9. The first kappa shape index (κ1) is 23.4. The van der Waals surface area contributed by atoms with Crippen molar-refractivity contribution >= 4 is 29.3 Å². The first-order valence-electron chi connectivity index (χ1n) is 10.8. The van der Waals surface area contributed by atoms with E-state index in [1.165, 1.54) is 25.2 Å². The first-order chi connectivity index (χ1) is 16.3. The number of carboxylic acid groups (broad SMARTS) is 1. The molecule has 1 aromatic heterocycles. The van der Waals surface area contributed by atoms with Crippen LogP contribution in [0, 0.1) is 0 Å². The fourth-order valence-corrected chi connectivity index (χ4v) is 4.67. The number of ether oxygens (including phenoxy) is 1. The molecule has 0 saturated heterocycles. The van der Waals surface area contributed by atoms with Crippen LogP contribution in [0.2, 0.25) is 0 Å². The van der Waals surface area contributed by atoms with E-state index in [4.69, 9.17) is 4.74 Å². The summed E-state index contributed by atoms with van der Waals surface area (Å²) in [6.07, 6.45) is 0.913. The molecular weight excluding hydrogens is 454 g/mol. The fraction of sp³-hybridized carbons (Fsp3) is 0.280. The van der Waals surface area contributed by atoms with Gasteiger partial charge in [0.1, 0.15) is 18.2 Å². The van der Waals surface area contributed by atoms with Gasteiger partial charge < -0.3 is 20.5 Å². The molecule has 0 aliphatic heterocycles. The van der Waals surface area contributed by atoms with E-state index in [1.807, 2.05) is 48.5 Å². The molecule has 2 aromatic carbocycles. The maximum atomic E-state index is 12.8. The minimum Gasteiger partial charge on any atom is -0.480 e. The lowest BCUT2D eigenvalue weighted by Gasteiger charge is -2.27. The lowest BCUT2D eigenvalue weighted by atomic mass is 9.98.